The first-order chi connectivity index (χ1) is 15.7. The molecule has 7 heteroatoms. The van der Waals surface area contributed by atoms with Gasteiger partial charge in [-0.2, -0.15) is 0 Å². The molecule has 33 heavy (non-hydrogen) atoms. The first-order valence-electron chi connectivity index (χ1n) is 11.6. The predicted molar refractivity (Wildman–Crippen MR) is 145 cm³/mol. The van der Waals surface area contributed by atoms with Crippen molar-refractivity contribution in [1.82, 2.24) is 10.6 Å². The Morgan fingerprint density at radius 3 is 2.70 bits per heavy atom. The highest BCUT2D eigenvalue weighted by Gasteiger charge is 2.27. The summed E-state index contributed by atoms with van der Waals surface area (Å²) in [7, 11) is 1.68. The van der Waals surface area contributed by atoms with E-state index >= 15 is 0 Å². The van der Waals surface area contributed by atoms with E-state index in [1.807, 2.05) is 6.07 Å². The number of nitrogens with one attached hydrogen (secondary N) is 2. The highest BCUT2D eigenvalue weighted by atomic mass is 127. The zero-order chi connectivity index (χ0) is 22.6. The lowest BCUT2D eigenvalue weighted by atomic mass is 9.89. The predicted octanol–water partition coefficient (Wildman–Crippen LogP) is 4.86. The zero-order valence-corrected chi connectivity index (χ0v) is 22.3. The number of guanidine groups is 1. The van der Waals surface area contributed by atoms with Crippen molar-refractivity contribution in [3.8, 4) is 5.75 Å². The molecule has 0 aromatic heterocycles. The van der Waals surface area contributed by atoms with Gasteiger partial charge in [0.2, 0.25) is 0 Å². The van der Waals surface area contributed by atoms with E-state index in [1.54, 1.807) is 7.11 Å². The van der Waals surface area contributed by atoms with Crippen molar-refractivity contribution in [2.24, 2.45) is 10.9 Å². The third-order valence-electron chi connectivity index (χ3n) is 5.62. The van der Waals surface area contributed by atoms with Gasteiger partial charge in [0.05, 0.1) is 19.3 Å². The molecule has 2 aromatic rings. The Morgan fingerprint density at radius 2 is 1.94 bits per heavy atom. The monoisotopic (exact) mass is 567 g/mol. The Morgan fingerprint density at radius 1 is 1.12 bits per heavy atom. The summed E-state index contributed by atoms with van der Waals surface area (Å²) >= 11 is 0. The second-order valence-electron chi connectivity index (χ2n) is 8.13. The number of nitrogens with zero attached hydrogens (tertiary/aromatic N) is 1. The maximum Gasteiger partial charge on any atom is 0.191 e. The summed E-state index contributed by atoms with van der Waals surface area (Å²) in [5, 5.41) is 6.91. The van der Waals surface area contributed by atoms with Gasteiger partial charge in [-0.3, -0.25) is 0 Å². The molecule has 2 aromatic carbocycles. The molecule has 0 bridgehead atoms. The largest absolute Gasteiger partial charge is 0.491 e. The van der Waals surface area contributed by atoms with Crippen molar-refractivity contribution in [2.75, 3.05) is 40.0 Å². The molecule has 6 nitrogen and oxygen atoms in total. The molecule has 0 amide bonds. The number of aryl methyl sites for hydroxylation is 1. The van der Waals surface area contributed by atoms with Crippen LogP contribution in [0.25, 0.3) is 0 Å². The summed E-state index contributed by atoms with van der Waals surface area (Å²) in [6, 6.07) is 16.8. The fraction of sp³-hybridized carbons (Fsp3) is 0.500. The van der Waals surface area contributed by atoms with Gasteiger partial charge >= 0.3 is 0 Å². The molecule has 0 saturated carbocycles. The number of aliphatic imine (C=N–C) groups is 1. The first kappa shape index (κ1) is 27.4. The van der Waals surface area contributed by atoms with E-state index < -0.39 is 0 Å². The summed E-state index contributed by atoms with van der Waals surface area (Å²) in [6.45, 7) is 8.22. The molecule has 182 valence electrons. The SMILES string of the molecule is CCNC(=NCc1ccc(C)cc1OCCOC)NCC1CCCOC1c1ccccc1.I. The molecular weight excluding hydrogens is 529 g/mol. The number of benzene rings is 2. The molecule has 1 saturated heterocycles. The minimum absolute atomic E-state index is 0. The summed E-state index contributed by atoms with van der Waals surface area (Å²) < 4.78 is 17.2. The maximum atomic E-state index is 6.14. The highest BCUT2D eigenvalue weighted by Crippen LogP contribution is 2.33. The summed E-state index contributed by atoms with van der Waals surface area (Å²) in [5.74, 6) is 2.09. The van der Waals surface area contributed by atoms with Gasteiger partial charge in [-0.25, -0.2) is 4.99 Å². The third-order valence-corrected chi connectivity index (χ3v) is 5.62. The van der Waals surface area contributed by atoms with Crippen LogP contribution in [0.15, 0.2) is 53.5 Å². The second-order valence-corrected chi connectivity index (χ2v) is 8.13. The van der Waals surface area contributed by atoms with Gasteiger partial charge in [0, 0.05) is 38.3 Å². The molecule has 1 fully saturated rings. The van der Waals surface area contributed by atoms with Crippen molar-refractivity contribution in [2.45, 2.75) is 39.3 Å². The van der Waals surface area contributed by atoms with Crippen LogP contribution in [0.5, 0.6) is 5.75 Å². The normalized spacial score (nSPS) is 18.3. The van der Waals surface area contributed by atoms with Gasteiger partial charge in [0.15, 0.2) is 5.96 Å². The third kappa shape index (κ3) is 8.79. The van der Waals surface area contributed by atoms with Crippen LogP contribution in [0.2, 0.25) is 0 Å². The Kier molecular flexibility index (Phi) is 12.6. The maximum absolute atomic E-state index is 6.14. The van der Waals surface area contributed by atoms with Gasteiger partial charge < -0.3 is 24.8 Å². The Labute approximate surface area is 215 Å². The quantitative estimate of drug-likeness (QED) is 0.186. The molecule has 1 heterocycles. The van der Waals surface area contributed by atoms with E-state index in [0.29, 0.717) is 25.7 Å². The molecule has 2 atom stereocenters. The number of hydrogen-bond donors (Lipinski definition) is 2. The highest BCUT2D eigenvalue weighted by molar-refractivity contribution is 14.0. The molecule has 0 radical (unpaired) electrons. The van der Waals surface area contributed by atoms with Crippen LogP contribution in [-0.4, -0.2) is 46.0 Å². The number of rotatable bonds is 10. The van der Waals surface area contributed by atoms with Crippen LogP contribution < -0.4 is 15.4 Å². The van der Waals surface area contributed by atoms with Gasteiger partial charge in [0.25, 0.3) is 0 Å². The van der Waals surface area contributed by atoms with Crippen molar-refractivity contribution in [1.29, 1.82) is 0 Å². The zero-order valence-electron chi connectivity index (χ0n) is 20.0. The van der Waals surface area contributed by atoms with Gasteiger partial charge in [-0.15, -0.1) is 24.0 Å². The lowest BCUT2D eigenvalue weighted by Crippen LogP contribution is -2.42. The molecule has 0 spiro atoms. The van der Waals surface area contributed by atoms with Crippen LogP contribution in [0.1, 0.15) is 42.6 Å². The number of ether oxygens (including phenoxy) is 3. The van der Waals surface area contributed by atoms with Crippen molar-refractivity contribution >= 4 is 29.9 Å². The van der Waals surface area contributed by atoms with Crippen LogP contribution >= 0.6 is 24.0 Å². The minimum atomic E-state index is 0. The second kappa shape index (κ2) is 15.1. The average Bonchev–Trinajstić information content (AvgIpc) is 2.83. The fourth-order valence-electron chi connectivity index (χ4n) is 3.96. The summed E-state index contributed by atoms with van der Waals surface area (Å²) in [6.07, 6.45) is 2.36. The van der Waals surface area contributed by atoms with Gasteiger partial charge in [-0.1, -0.05) is 42.5 Å². The number of halogens is 1. The average molecular weight is 568 g/mol. The number of hydrogen-bond acceptors (Lipinski definition) is 4. The Bertz CT molecular complexity index is 848. The van der Waals surface area contributed by atoms with Crippen LogP contribution in [0, 0.1) is 12.8 Å². The van der Waals surface area contributed by atoms with Crippen molar-refractivity contribution in [3.63, 3.8) is 0 Å². The van der Waals surface area contributed by atoms with Gasteiger partial charge in [-0.05, 0) is 43.9 Å². The van der Waals surface area contributed by atoms with Crippen LogP contribution in [0.3, 0.4) is 0 Å². The minimum Gasteiger partial charge on any atom is -0.491 e. The van der Waals surface area contributed by atoms with Crippen LogP contribution in [-0.2, 0) is 16.0 Å². The standard InChI is InChI=1S/C26H37N3O3.HI/c1-4-27-26(28-18-22-13-12-20(2)17-24(22)31-16-15-30-3)29-19-23-11-8-14-32-25(23)21-9-6-5-7-10-21;/h5-7,9-10,12-13,17,23,25H,4,8,11,14-16,18-19H2,1-3H3,(H2,27,28,29);1H. The van der Waals surface area contributed by atoms with E-state index in [4.69, 9.17) is 19.2 Å². The molecule has 3 rings (SSSR count). The topological polar surface area (TPSA) is 64.1 Å². The summed E-state index contributed by atoms with van der Waals surface area (Å²) in [4.78, 5) is 4.83. The van der Waals surface area contributed by atoms with E-state index in [1.165, 1.54) is 11.1 Å². The molecule has 2 unspecified atom stereocenters. The Hall–Kier alpha value is -1.84. The van der Waals surface area contributed by atoms with E-state index in [-0.39, 0.29) is 30.1 Å². The molecule has 2 N–H and O–H groups in total. The van der Waals surface area contributed by atoms with Crippen LogP contribution in [0.4, 0.5) is 0 Å². The van der Waals surface area contributed by atoms with E-state index in [0.717, 1.165) is 49.8 Å². The lowest BCUT2D eigenvalue weighted by molar-refractivity contribution is -0.0265. The molecular formula is C26H38IN3O3. The number of methoxy groups -OCH3 is 1. The van der Waals surface area contributed by atoms with Crippen molar-refractivity contribution < 1.29 is 14.2 Å². The van der Waals surface area contributed by atoms with E-state index in [9.17, 15) is 0 Å². The molecule has 0 aliphatic carbocycles. The molecule has 1 aliphatic rings. The molecule has 1 aliphatic heterocycles. The fourth-order valence-corrected chi connectivity index (χ4v) is 3.96. The summed E-state index contributed by atoms with van der Waals surface area (Å²) in [5.41, 5.74) is 3.48. The lowest BCUT2D eigenvalue weighted by Gasteiger charge is -2.32. The smallest absolute Gasteiger partial charge is 0.191 e. The Balaban J connectivity index is 0.00000385. The van der Waals surface area contributed by atoms with Crippen molar-refractivity contribution in [3.05, 3.63) is 65.2 Å². The van der Waals surface area contributed by atoms with E-state index in [2.05, 4.69) is 66.9 Å². The first-order valence-corrected chi connectivity index (χ1v) is 11.6. The van der Waals surface area contributed by atoms with Gasteiger partial charge in [0.1, 0.15) is 12.4 Å².